The summed E-state index contributed by atoms with van der Waals surface area (Å²) in [7, 11) is 0. The zero-order valence-corrected chi connectivity index (χ0v) is 14.9. The molecule has 8 heteroatoms. The van der Waals surface area contributed by atoms with Gasteiger partial charge in [-0.25, -0.2) is 0 Å². The van der Waals surface area contributed by atoms with Crippen molar-refractivity contribution in [3.63, 3.8) is 0 Å². The second kappa shape index (κ2) is 8.19. The third kappa shape index (κ3) is 5.14. The molecule has 1 aliphatic carbocycles. The van der Waals surface area contributed by atoms with Gasteiger partial charge in [-0.2, -0.15) is 13.2 Å². The Hall–Kier alpha value is -2.25. The Labute approximate surface area is 155 Å². The number of ether oxygens (including phenoxy) is 1. The van der Waals surface area contributed by atoms with Gasteiger partial charge in [-0.1, -0.05) is 6.42 Å². The maximum atomic E-state index is 12.8. The highest BCUT2D eigenvalue weighted by Crippen LogP contribution is 2.37. The number of halogens is 3. The van der Waals surface area contributed by atoms with Crippen LogP contribution in [0.2, 0.25) is 0 Å². The van der Waals surface area contributed by atoms with E-state index >= 15 is 0 Å². The van der Waals surface area contributed by atoms with Crippen LogP contribution in [-0.4, -0.2) is 37.2 Å². The SMILES string of the molecule is O=C(COc1ccc(N2CCCC2=O)cc1)NC1CCCC(C(F)(F)F)C1. The highest BCUT2D eigenvalue weighted by atomic mass is 19.4. The Balaban J connectivity index is 1.45. The molecule has 1 aromatic rings. The first-order valence-corrected chi connectivity index (χ1v) is 9.22. The van der Waals surface area contributed by atoms with Crippen LogP contribution >= 0.6 is 0 Å². The van der Waals surface area contributed by atoms with Gasteiger partial charge in [-0.05, 0) is 49.9 Å². The first-order valence-electron chi connectivity index (χ1n) is 9.22. The molecule has 5 nitrogen and oxygen atoms in total. The molecule has 2 unspecified atom stereocenters. The Kier molecular flexibility index (Phi) is 5.92. The molecule has 1 aliphatic heterocycles. The second-order valence-corrected chi connectivity index (χ2v) is 7.10. The number of hydrogen-bond acceptors (Lipinski definition) is 3. The summed E-state index contributed by atoms with van der Waals surface area (Å²) in [6.45, 7) is 0.441. The zero-order valence-electron chi connectivity index (χ0n) is 14.9. The molecule has 0 radical (unpaired) electrons. The standard InChI is InChI=1S/C19H23F3N2O3/c20-19(21,22)13-3-1-4-14(11-13)23-17(25)12-27-16-8-6-15(7-9-16)24-10-2-5-18(24)26/h6-9,13-14H,1-5,10-12H2,(H,23,25). The van der Waals surface area contributed by atoms with E-state index in [4.69, 9.17) is 4.74 Å². The average Bonchev–Trinajstić information content (AvgIpc) is 3.06. The maximum absolute atomic E-state index is 12.8. The van der Waals surface area contributed by atoms with Crippen LogP contribution in [0, 0.1) is 5.92 Å². The van der Waals surface area contributed by atoms with Gasteiger partial charge in [0.25, 0.3) is 5.91 Å². The van der Waals surface area contributed by atoms with Crippen LogP contribution in [0.25, 0.3) is 0 Å². The fourth-order valence-corrected chi connectivity index (χ4v) is 3.68. The number of carbonyl (C=O) groups is 2. The summed E-state index contributed by atoms with van der Waals surface area (Å²) in [5.74, 6) is -1.22. The summed E-state index contributed by atoms with van der Waals surface area (Å²) in [4.78, 5) is 25.4. The van der Waals surface area contributed by atoms with Gasteiger partial charge in [0.1, 0.15) is 5.75 Å². The van der Waals surface area contributed by atoms with E-state index in [1.807, 2.05) is 0 Å². The number of alkyl halides is 3. The number of nitrogens with zero attached hydrogens (tertiary/aromatic N) is 1. The lowest BCUT2D eigenvalue weighted by Gasteiger charge is -2.31. The van der Waals surface area contributed by atoms with E-state index in [1.54, 1.807) is 29.2 Å². The molecule has 2 fully saturated rings. The van der Waals surface area contributed by atoms with Crippen molar-refractivity contribution in [2.45, 2.75) is 50.7 Å². The molecule has 2 amide bonds. The van der Waals surface area contributed by atoms with Crippen molar-refractivity contribution >= 4 is 17.5 Å². The lowest BCUT2D eigenvalue weighted by Crippen LogP contribution is -2.43. The smallest absolute Gasteiger partial charge is 0.391 e. The summed E-state index contributed by atoms with van der Waals surface area (Å²) in [6.07, 6.45) is -1.77. The molecule has 0 spiro atoms. The van der Waals surface area contributed by atoms with Crippen molar-refractivity contribution in [1.29, 1.82) is 0 Å². The van der Waals surface area contributed by atoms with E-state index in [0.717, 1.165) is 12.1 Å². The van der Waals surface area contributed by atoms with Crippen LogP contribution in [0.1, 0.15) is 38.5 Å². The summed E-state index contributed by atoms with van der Waals surface area (Å²) < 4.78 is 43.9. The number of amides is 2. The molecule has 2 aliphatic rings. The van der Waals surface area contributed by atoms with Crippen LogP contribution < -0.4 is 15.0 Å². The normalized spacial score (nSPS) is 23.4. The van der Waals surface area contributed by atoms with Crippen molar-refractivity contribution in [3.8, 4) is 5.75 Å². The number of rotatable bonds is 5. The molecule has 1 heterocycles. The van der Waals surface area contributed by atoms with E-state index in [0.29, 0.717) is 31.6 Å². The molecule has 0 bridgehead atoms. The quantitative estimate of drug-likeness (QED) is 0.846. The fourth-order valence-electron chi connectivity index (χ4n) is 3.68. The number of nitrogens with one attached hydrogen (secondary N) is 1. The van der Waals surface area contributed by atoms with Gasteiger partial charge in [0, 0.05) is 24.7 Å². The highest BCUT2D eigenvalue weighted by Gasteiger charge is 2.42. The third-order valence-corrected chi connectivity index (χ3v) is 5.09. The monoisotopic (exact) mass is 384 g/mol. The molecule has 1 aromatic carbocycles. The summed E-state index contributed by atoms with van der Waals surface area (Å²) in [6, 6.07) is 6.39. The molecule has 1 saturated carbocycles. The minimum absolute atomic E-state index is 0.0756. The zero-order chi connectivity index (χ0) is 19.4. The van der Waals surface area contributed by atoms with Crippen molar-refractivity contribution in [1.82, 2.24) is 5.32 Å². The first-order chi connectivity index (χ1) is 12.8. The molecule has 1 saturated heterocycles. The Morgan fingerprint density at radius 3 is 2.56 bits per heavy atom. The van der Waals surface area contributed by atoms with Crippen LogP contribution in [0.4, 0.5) is 18.9 Å². The molecule has 27 heavy (non-hydrogen) atoms. The number of hydrogen-bond donors (Lipinski definition) is 1. The van der Waals surface area contributed by atoms with Gasteiger partial charge in [-0.3, -0.25) is 9.59 Å². The van der Waals surface area contributed by atoms with Crippen molar-refractivity contribution in [2.75, 3.05) is 18.1 Å². The Bertz CT molecular complexity index is 676. The van der Waals surface area contributed by atoms with Gasteiger partial charge < -0.3 is 15.0 Å². The second-order valence-electron chi connectivity index (χ2n) is 7.10. The number of benzene rings is 1. The predicted octanol–water partition coefficient (Wildman–Crippen LogP) is 3.43. The molecular formula is C19H23F3N2O3. The van der Waals surface area contributed by atoms with Gasteiger partial charge in [0.15, 0.2) is 6.61 Å². The van der Waals surface area contributed by atoms with Gasteiger partial charge in [0.05, 0.1) is 5.92 Å². The van der Waals surface area contributed by atoms with E-state index in [1.165, 1.54) is 0 Å². The maximum Gasteiger partial charge on any atom is 0.391 e. The van der Waals surface area contributed by atoms with Crippen LogP contribution in [0.15, 0.2) is 24.3 Å². The van der Waals surface area contributed by atoms with Gasteiger partial charge in [-0.15, -0.1) is 0 Å². The molecule has 2 atom stereocenters. The largest absolute Gasteiger partial charge is 0.484 e. The number of carbonyl (C=O) groups excluding carboxylic acids is 2. The third-order valence-electron chi connectivity index (χ3n) is 5.09. The molecule has 148 valence electrons. The molecule has 3 rings (SSSR count). The minimum Gasteiger partial charge on any atom is -0.484 e. The van der Waals surface area contributed by atoms with Crippen molar-refractivity contribution in [2.24, 2.45) is 5.92 Å². The lowest BCUT2D eigenvalue weighted by molar-refractivity contribution is -0.184. The summed E-state index contributed by atoms with van der Waals surface area (Å²) in [5, 5.41) is 2.64. The van der Waals surface area contributed by atoms with Crippen molar-refractivity contribution in [3.05, 3.63) is 24.3 Å². The number of anilines is 1. The Morgan fingerprint density at radius 1 is 1.19 bits per heavy atom. The molecule has 0 aromatic heterocycles. The molecule has 1 N–H and O–H groups in total. The van der Waals surface area contributed by atoms with E-state index in [2.05, 4.69) is 5.32 Å². The topological polar surface area (TPSA) is 58.6 Å². The lowest BCUT2D eigenvalue weighted by atomic mass is 9.85. The highest BCUT2D eigenvalue weighted by molar-refractivity contribution is 5.95. The summed E-state index contributed by atoms with van der Waals surface area (Å²) >= 11 is 0. The fraction of sp³-hybridized carbons (Fsp3) is 0.579. The van der Waals surface area contributed by atoms with Crippen LogP contribution in [-0.2, 0) is 9.59 Å². The first kappa shape index (κ1) is 19.5. The average molecular weight is 384 g/mol. The van der Waals surface area contributed by atoms with Crippen LogP contribution in [0.5, 0.6) is 5.75 Å². The van der Waals surface area contributed by atoms with Gasteiger partial charge >= 0.3 is 6.18 Å². The van der Waals surface area contributed by atoms with E-state index in [9.17, 15) is 22.8 Å². The van der Waals surface area contributed by atoms with Crippen molar-refractivity contribution < 1.29 is 27.5 Å². The predicted molar refractivity (Wildman–Crippen MR) is 93.5 cm³/mol. The van der Waals surface area contributed by atoms with E-state index in [-0.39, 0.29) is 25.4 Å². The minimum atomic E-state index is -4.21. The van der Waals surface area contributed by atoms with E-state index < -0.39 is 24.0 Å². The van der Waals surface area contributed by atoms with Crippen LogP contribution in [0.3, 0.4) is 0 Å². The van der Waals surface area contributed by atoms with Gasteiger partial charge in [0.2, 0.25) is 5.91 Å². The molecular weight excluding hydrogens is 361 g/mol. The Morgan fingerprint density at radius 2 is 1.93 bits per heavy atom. The summed E-state index contributed by atoms with van der Waals surface area (Å²) in [5.41, 5.74) is 0.787.